The predicted molar refractivity (Wildman–Crippen MR) is 49.9 cm³/mol. The molecule has 1 saturated carbocycles. The van der Waals surface area contributed by atoms with Crippen LogP contribution in [0.5, 0.6) is 0 Å². The standard InChI is InChI=1S/C7H14ClNO2S/c1-2-6(8)5-9-12(10,11)7-3-4-7/h6-7,9H,2-5H2,1H3. The molecule has 0 saturated heterocycles. The maximum atomic E-state index is 11.2. The molecule has 0 heterocycles. The molecule has 12 heavy (non-hydrogen) atoms. The van der Waals surface area contributed by atoms with E-state index >= 15 is 0 Å². The lowest BCUT2D eigenvalue weighted by atomic mass is 10.3. The fourth-order valence-corrected chi connectivity index (χ4v) is 2.44. The lowest BCUT2D eigenvalue weighted by Gasteiger charge is -2.07. The Labute approximate surface area is 78.5 Å². The molecular weight excluding hydrogens is 198 g/mol. The van der Waals surface area contributed by atoms with Gasteiger partial charge in [-0.3, -0.25) is 0 Å². The van der Waals surface area contributed by atoms with Crippen molar-refractivity contribution >= 4 is 21.6 Å². The van der Waals surface area contributed by atoms with E-state index in [9.17, 15) is 8.42 Å². The first-order chi connectivity index (χ1) is 5.56. The monoisotopic (exact) mass is 211 g/mol. The Kier molecular flexibility index (Phi) is 3.37. The topological polar surface area (TPSA) is 46.2 Å². The number of hydrogen-bond donors (Lipinski definition) is 1. The Morgan fingerprint density at radius 1 is 1.58 bits per heavy atom. The molecule has 0 aliphatic heterocycles. The summed E-state index contributed by atoms with van der Waals surface area (Å²) >= 11 is 5.77. The summed E-state index contributed by atoms with van der Waals surface area (Å²) in [6.45, 7) is 2.29. The highest BCUT2D eigenvalue weighted by Crippen LogP contribution is 2.27. The van der Waals surface area contributed by atoms with Crippen LogP contribution >= 0.6 is 11.6 Å². The number of rotatable bonds is 5. The molecule has 1 rings (SSSR count). The van der Waals surface area contributed by atoms with Crippen molar-refractivity contribution in [1.82, 2.24) is 4.72 Å². The first-order valence-corrected chi connectivity index (χ1v) is 6.17. The van der Waals surface area contributed by atoms with Crippen LogP contribution in [0.15, 0.2) is 0 Å². The molecule has 0 radical (unpaired) electrons. The average molecular weight is 212 g/mol. The van der Waals surface area contributed by atoms with Gasteiger partial charge in [0.1, 0.15) is 0 Å². The molecule has 0 spiro atoms. The van der Waals surface area contributed by atoms with Gasteiger partial charge >= 0.3 is 0 Å². The Morgan fingerprint density at radius 2 is 2.17 bits per heavy atom. The van der Waals surface area contributed by atoms with Crippen LogP contribution in [-0.4, -0.2) is 25.6 Å². The summed E-state index contributed by atoms with van der Waals surface area (Å²) in [4.78, 5) is 0. The average Bonchev–Trinajstić information content (AvgIpc) is 2.82. The van der Waals surface area contributed by atoms with E-state index in [1.165, 1.54) is 0 Å². The van der Waals surface area contributed by atoms with Gasteiger partial charge in [-0.25, -0.2) is 13.1 Å². The van der Waals surface area contributed by atoms with Gasteiger partial charge in [-0.2, -0.15) is 0 Å². The van der Waals surface area contributed by atoms with Crippen LogP contribution in [0.2, 0.25) is 0 Å². The van der Waals surface area contributed by atoms with Crippen LogP contribution in [0.1, 0.15) is 26.2 Å². The molecule has 0 aromatic heterocycles. The minimum absolute atomic E-state index is 0.0847. The van der Waals surface area contributed by atoms with Gasteiger partial charge in [0, 0.05) is 11.9 Å². The van der Waals surface area contributed by atoms with Crippen molar-refractivity contribution in [2.45, 2.75) is 36.8 Å². The van der Waals surface area contributed by atoms with Gasteiger partial charge < -0.3 is 0 Å². The number of nitrogens with one attached hydrogen (secondary N) is 1. The highest BCUT2D eigenvalue weighted by Gasteiger charge is 2.35. The van der Waals surface area contributed by atoms with E-state index < -0.39 is 10.0 Å². The number of hydrogen-bond acceptors (Lipinski definition) is 2. The number of halogens is 1. The Balaban J connectivity index is 2.30. The molecular formula is C7H14ClNO2S. The fourth-order valence-electron chi connectivity index (χ4n) is 0.847. The van der Waals surface area contributed by atoms with E-state index in [-0.39, 0.29) is 10.6 Å². The lowest BCUT2D eigenvalue weighted by Crippen LogP contribution is -2.32. The van der Waals surface area contributed by atoms with E-state index in [0.717, 1.165) is 19.3 Å². The van der Waals surface area contributed by atoms with E-state index in [0.29, 0.717) is 6.54 Å². The molecule has 3 nitrogen and oxygen atoms in total. The molecule has 1 fully saturated rings. The van der Waals surface area contributed by atoms with Crippen molar-refractivity contribution in [2.24, 2.45) is 0 Å². The third-order valence-corrected chi connectivity index (χ3v) is 4.29. The van der Waals surface area contributed by atoms with Gasteiger partial charge in [0.15, 0.2) is 0 Å². The van der Waals surface area contributed by atoms with Crippen LogP contribution < -0.4 is 4.72 Å². The fraction of sp³-hybridized carbons (Fsp3) is 1.00. The first kappa shape index (κ1) is 10.3. The lowest BCUT2D eigenvalue weighted by molar-refractivity contribution is 0.577. The van der Waals surface area contributed by atoms with Crippen molar-refractivity contribution in [2.75, 3.05) is 6.54 Å². The Morgan fingerprint density at radius 3 is 2.58 bits per heavy atom. The van der Waals surface area contributed by atoms with Crippen LogP contribution in [-0.2, 0) is 10.0 Å². The van der Waals surface area contributed by atoms with Crippen molar-refractivity contribution in [1.29, 1.82) is 0 Å². The zero-order chi connectivity index (χ0) is 9.19. The summed E-state index contributed by atoms with van der Waals surface area (Å²) in [5, 5.41) is -0.225. The van der Waals surface area contributed by atoms with Crippen molar-refractivity contribution in [3.63, 3.8) is 0 Å². The van der Waals surface area contributed by atoms with Crippen molar-refractivity contribution in [3.05, 3.63) is 0 Å². The molecule has 1 aliphatic carbocycles. The van der Waals surface area contributed by atoms with Gasteiger partial charge in [0.05, 0.1) is 5.25 Å². The van der Waals surface area contributed by atoms with Crippen LogP contribution in [0.25, 0.3) is 0 Å². The van der Waals surface area contributed by atoms with Gasteiger partial charge in [0.25, 0.3) is 0 Å². The van der Waals surface area contributed by atoms with E-state index in [4.69, 9.17) is 11.6 Å². The normalized spacial score (nSPS) is 20.8. The zero-order valence-corrected chi connectivity index (χ0v) is 8.66. The molecule has 0 amide bonds. The van der Waals surface area contributed by atoms with Gasteiger partial charge in [0.2, 0.25) is 10.0 Å². The maximum Gasteiger partial charge on any atom is 0.214 e. The highest BCUT2D eigenvalue weighted by molar-refractivity contribution is 7.90. The number of sulfonamides is 1. The first-order valence-electron chi connectivity index (χ1n) is 4.19. The molecule has 1 atom stereocenters. The summed E-state index contributed by atoms with van der Waals surface area (Å²) in [7, 11) is -3.03. The van der Waals surface area contributed by atoms with E-state index in [2.05, 4.69) is 4.72 Å². The molecule has 1 unspecified atom stereocenters. The predicted octanol–water partition coefficient (Wildman–Crippen LogP) is 1.09. The van der Waals surface area contributed by atoms with Gasteiger partial charge in [-0.1, -0.05) is 6.92 Å². The molecule has 72 valence electrons. The van der Waals surface area contributed by atoms with Gasteiger partial charge in [-0.05, 0) is 19.3 Å². The summed E-state index contributed by atoms with van der Waals surface area (Å²) in [5.41, 5.74) is 0. The summed E-state index contributed by atoms with van der Waals surface area (Å²) in [6, 6.07) is 0. The summed E-state index contributed by atoms with van der Waals surface area (Å²) in [6.07, 6.45) is 2.39. The molecule has 0 bridgehead atoms. The third-order valence-electron chi connectivity index (χ3n) is 1.91. The molecule has 0 aromatic carbocycles. The van der Waals surface area contributed by atoms with Crippen molar-refractivity contribution in [3.8, 4) is 0 Å². The minimum Gasteiger partial charge on any atom is -0.214 e. The molecule has 5 heteroatoms. The van der Waals surface area contributed by atoms with Crippen LogP contribution in [0.4, 0.5) is 0 Å². The third kappa shape index (κ3) is 2.92. The molecule has 1 aliphatic rings. The second kappa shape index (κ2) is 3.94. The second-order valence-electron chi connectivity index (χ2n) is 3.10. The number of alkyl halides is 1. The second-order valence-corrected chi connectivity index (χ2v) is 5.76. The Bertz CT molecular complexity index is 236. The summed E-state index contributed by atoms with van der Waals surface area (Å²) < 4.78 is 25.0. The highest BCUT2D eigenvalue weighted by atomic mass is 35.5. The SMILES string of the molecule is CCC(Cl)CNS(=O)(=O)C1CC1. The van der Waals surface area contributed by atoms with E-state index in [1.54, 1.807) is 0 Å². The summed E-state index contributed by atoms with van der Waals surface area (Å²) in [5.74, 6) is 0. The van der Waals surface area contributed by atoms with Crippen molar-refractivity contribution < 1.29 is 8.42 Å². The van der Waals surface area contributed by atoms with Crippen LogP contribution in [0, 0.1) is 0 Å². The molecule has 1 N–H and O–H groups in total. The zero-order valence-electron chi connectivity index (χ0n) is 7.09. The van der Waals surface area contributed by atoms with Gasteiger partial charge in [-0.15, -0.1) is 11.6 Å². The minimum atomic E-state index is -3.03. The Hall–Kier alpha value is 0.200. The smallest absolute Gasteiger partial charge is 0.214 e. The van der Waals surface area contributed by atoms with E-state index in [1.807, 2.05) is 6.92 Å². The quantitative estimate of drug-likeness (QED) is 0.692. The molecule has 0 aromatic rings. The van der Waals surface area contributed by atoms with Crippen LogP contribution in [0.3, 0.4) is 0 Å². The largest absolute Gasteiger partial charge is 0.214 e. The maximum absolute atomic E-state index is 11.2.